The number of carbonyl (C=O) groups excluding carboxylic acids is 1. The standard InChI is InChI=1S/C22H20N4O3S/c1-14-8-9-18(10-15(14)2)29-13-19(27)23-12-17-11-20(28)26-22(24-17)30-21(25-26)16-6-4-3-5-7-16/h3-11H,12-13H2,1-2H3,(H,23,27). The lowest BCUT2D eigenvalue weighted by Gasteiger charge is -2.09. The number of benzene rings is 2. The van der Waals surface area contributed by atoms with Crippen molar-refractivity contribution in [3.8, 4) is 16.3 Å². The first kappa shape index (κ1) is 19.8. The van der Waals surface area contributed by atoms with E-state index in [4.69, 9.17) is 4.74 Å². The number of hydrogen-bond donors (Lipinski definition) is 1. The van der Waals surface area contributed by atoms with Crippen LogP contribution >= 0.6 is 11.3 Å². The van der Waals surface area contributed by atoms with E-state index < -0.39 is 0 Å². The van der Waals surface area contributed by atoms with Crippen molar-refractivity contribution in [2.75, 3.05) is 6.61 Å². The van der Waals surface area contributed by atoms with Gasteiger partial charge in [0, 0.05) is 11.6 Å². The summed E-state index contributed by atoms with van der Waals surface area (Å²) in [6.07, 6.45) is 0. The van der Waals surface area contributed by atoms with Gasteiger partial charge in [0.2, 0.25) is 4.96 Å². The molecule has 0 radical (unpaired) electrons. The molecule has 0 saturated heterocycles. The van der Waals surface area contributed by atoms with Crippen LogP contribution in [0.25, 0.3) is 15.5 Å². The highest BCUT2D eigenvalue weighted by Gasteiger charge is 2.11. The third-order valence-electron chi connectivity index (χ3n) is 4.63. The van der Waals surface area contributed by atoms with Crippen molar-refractivity contribution in [2.24, 2.45) is 0 Å². The largest absolute Gasteiger partial charge is 0.484 e. The third kappa shape index (κ3) is 4.38. The minimum Gasteiger partial charge on any atom is -0.484 e. The Morgan fingerprint density at radius 2 is 1.90 bits per heavy atom. The summed E-state index contributed by atoms with van der Waals surface area (Å²) in [5, 5.41) is 7.79. The van der Waals surface area contributed by atoms with E-state index in [0.29, 0.717) is 21.4 Å². The summed E-state index contributed by atoms with van der Waals surface area (Å²) in [6, 6.07) is 16.7. The van der Waals surface area contributed by atoms with E-state index in [2.05, 4.69) is 15.4 Å². The minimum atomic E-state index is -0.287. The van der Waals surface area contributed by atoms with Crippen molar-refractivity contribution in [1.29, 1.82) is 0 Å². The molecule has 4 aromatic rings. The van der Waals surface area contributed by atoms with Crippen molar-refractivity contribution >= 4 is 22.2 Å². The molecule has 0 aliphatic rings. The summed E-state index contributed by atoms with van der Waals surface area (Å²) in [6.45, 7) is 4.04. The molecule has 0 aliphatic carbocycles. The second kappa shape index (κ2) is 8.46. The van der Waals surface area contributed by atoms with Crippen LogP contribution in [-0.2, 0) is 11.3 Å². The zero-order valence-electron chi connectivity index (χ0n) is 16.6. The molecule has 2 heterocycles. The highest BCUT2D eigenvalue weighted by molar-refractivity contribution is 7.19. The maximum atomic E-state index is 12.4. The number of aryl methyl sites for hydroxylation is 2. The second-order valence-corrected chi connectivity index (χ2v) is 7.82. The van der Waals surface area contributed by atoms with Crippen LogP contribution in [0.1, 0.15) is 16.8 Å². The van der Waals surface area contributed by atoms with Crippen molar-refractivity contribution < 1.29 is 9.53 Å². The lowest BCUT2D eigenvalue weighted by Crippen LogP contribution is -2.29. The van der Waals surface area contributed by atoms with Crippen LogP contribution in [0.3, 0.4) is 0 Å². The number of rotatable bonds is 6. The van der Waals surface area contributed by atoms with E-state index in [1.165, 1.54) is 21.9 Å². The lowest BCUT2D eigenvalue weighted by atomic mass is 10.1. The van der Waals surface area contributed by atoms with Crippen molar-refractivity contribution in [3.63, 3.8) is 0 Å². The Kier molecular flexibility index (Phi) is 5.58. The molecule has 7 nitrogen and oxygen atoms in total. The summed E-state index contributed by atoms with van der Waals surface area (Å²) in [5.74, 6) is 0.355. The molecule has 0 atom stereocenters. The predicted molar refractivity (Wildman–Crippen MR) is 116 cm³/mol. The number of fused-ring (bicyclic) bond motifs is 1. The Morgan fingerprint density at radius 3 is 2.67 bits per heavy atom. The van der Waals surface area contributed by atoms with Gasteiger partial charge in [-0.05, 0) is 37.1 Å². The van der Waals surface area contributed by atoms with Gasteiger partial charge in [-0.3, -0.25) is 9.59 Å². The molecule has 0 fully saturated rings. The first-order valence-corrected chi connectivity index (χ1v) is 10.2. The second-order valence-electron chi connectivity index (χ2n) is 6.86. The van der Waals surface area contributed by atoms with Crippen LogP contribution in [0, 0.1) is 13.8 Å². The molecule has 0 unspecified atom stereocenters. The maximum absolute atomic E-state index is 12.4. The van der Waals surface area contributed by atoms with E-state index in [0.717, 1.165) is 16.7 Å². The Balaban J connectivity index is 1.41. The van der Waals surface area contributed by atoms with Gasteiger partial charge in [-0.2, -0.15) is 9.61 Å². The fourth-order valence-electron chi connectivity index (χ4n) is 2.84. The maximum Gasteiger partial charge on any atom is 0.275 e. The van der Waals surface area contributed by atoms with Crippen LogP contribution < -0.4 is 15.6 Å². The molecule has 2 aromatic carbocycles. The van der Waals surface area contributed by atoms with Gasteiger partial charge in [-0.1, -0.05) is 47.7 Å². The molecule has 8 heteroatoms. The van der Waals surface area contributed by atoms with Gasteiger partial charge in [0.15, 0.2) is 6.61 Å². The Hall–Kier alpha value is -3.52. The quantitative estimate of drug-likeness (QED) is 0.518. The SMILES string of the molecule is Cc1ccc(OCC(=O)NCc2cc(=O)n3nc(-c4ccccc4)sc3n2)cc1C. The Labute approximate surface area is 177 Å². The van der Waals surface area contributed by atoms with Crippen LogP contribution in [0.15, 0.2) is 59.4 Å². The number of nitrogens with zero attached hydrogens (tertiary/aromatic N) is 3. The average molecular weight is 420 g/mol. The zero-order chi connectivity index (χ0) is 21.1. The summed E-state index contributed by atoms with van der Waals surface area (Å²) < 4.78 is 6.81. The van der Waals surface area contributed by atoms with Gasteiger partial charge in [-0.25, -0.2) is 4.98 Å². The number of hydrogen-bond acceptors (Lipinski definition) is 6. The highest BCUT2D eigenvalue weighted by Crippen LogP contribution is 2.23. The van der Waals surface area contributed by atoms with Crippen LogP contribution in [0.5, 0.6) is 5.75 Å². The van der Waals surface area contributed by atoms with Gasteiger partial charge in [0.05, 0.1) is 12.2 Å². The molecule has 0 aliphatic heterocycles. The predicted octanol–water partition coefficient (Wildman–Crippen LogP) is 3.13. The van der Waals surface area contributed by atoms with Crippen LogP contribution in [0.4, 0.5) is 0 Å². The van der Waals surface area contributed by atoms with E-state index in [1.807, 2.05) is 62.4 Å². The Morgan fingerprint density at radius 1 is 1.10 bits per heavy atom. The molecule has 0 spiro atoms. The monoisotopic (exact) mass is 420 g/mol. The number of aromatic nitrogens is 3. The summed E-state index contributed by atoms with van der Waals surface area (Å²) in [5.41, 5.74) is 3.38. The molecule has 0 saturated carbocycles. The molecule has 0 bridgehead atoms. The van der Waals surface area contributed by atoms with Crippen molar-refractivity contribution in [1.82, 2.24) is 19.9 Å². The molecule has 1 N–H and O–H groups in total. The number of nitrogens with one attached hydrogen (secondary N) is 1. The summed E-state index contributed by atoms with van der Waals surface area (Å²) in [7, 11) is 0. The minimum absolute atomic E-state index is 0.109. The normalized spacial score (nSPS) is 10.9. The molecule has 4 rings (SSSR count). The lowest BCUT2D eigenvalue weighted by molar-refractivity contribution is -0.123. The smallest absolute Gasteiger partial charge is 0.275 e. The van der Waals surface area contributed by atoms with Gasteiger partial charge in [-0.15, -0.1) is 0 Å². The van der Waals surface area contributed by atoms with Gasteiger partial charge in [0.25, 0.3) is 11.5 Å². The fraction of sp³-hybridized carbons (Fsp3) is 0.182. The first-order chi connectivity index (χ1) is 14.5. The summed E-state index contributed by atoms with van der Waals surface area (Å²) in [4.78, 5) is 29.5. The van der Waals surface area contributed by atoms with Gasteiger partial charge in [0.1, 0.15) is 10.8 Å². The fourth-order valence-corrected chi connectivity index (χ4v) is 3.77. The zero-order valence-corrected chi connectivity index (χ0v) is 17.4. The van der Waals surface area contributed by atoms with E-state index in [1.54, 1.807) is 0 Å². The van der Waals surface area contributed by atoms with Crippen LogP contribution in [0.2, 0.25) is 0 Å². The number of ether oxygens (including phenoxy) is 1. The van der Waals surface area contributed by atoms with Crippen LogP contribution in [-0.4, -0.2) is 27.1 Å². The Bertz CT molecular complexity index is 1260. The number of carbonyl (C=O) groups is 1. The third-order valence-corrected chi connectivity index (χ3v) is 5.59. The molecule has 152 valence electrons. The van der Waals surface area contributed by atoms with E-state index in [-0.39, 0.29) is 24.6 Å². The molecule has 2 aromatic heterocycles. The average Bonchev–Trinajstić information content (AvgIpc) is 3.19. The first-order valence-electron chi connectivity index (χ1n) is 9.41. The van der Waals surface area contributed by atoms with Crippen molar-refractivity contribution in [3.05, 3.63) is 81.8 Å². The highest BCUT2D eigenvalue weighted by atomic mass is 32.1. The van der Waals surface area contributed by atoms with Gasteiger partial charge >= 0.3 is 0 Å². The van der Waals surface area contributed by atoms with Crippen molar-refractivity contribution in [2.45, 2.75) is 20.4 Å². The topological polar surface area (TPSA) is 85.6 Å². The van der Waals surface area contributed by atoms with E-state index in [9.17, 15) is 9.59 Å². The molecular formula is C22H20N4O3S. The summed E-state index contributed by atoms with van der Waals surface area (Å²) >= 11 is 1.33. The molecular weight excluding hydrogens is 400 g/mol. The van der Waals surface area contributed by atoms with Gasteiger partial charge < -0.3 is 10.1 Å². The van der Waals surface area contributed by atoms with E-state index >= 15 is 0 Å². The number of amides is 1. The molecule has 1 amide bonds. The molecule has 30 heavy (non-hydrogen) atoms.